The molecule has 1 atom stereocenters. The van der Waals surface area contributed by atoms with Gasteiger partial charge in [-0.15, -0.1) is 0 Å². The maximum absolute atomic E-state index is 13.7. The van der Waals surface area contributed by atoms with Crippen LogP contribution in [0.15, 0.2) is 36.5 Å². The van der Waals surface area contributed by atoms with E-state index in [9.17, 15) is 14.3 Å². The maximum Gasteiger partial charge on any atom is 0.255 e. The van der Waals surface area contributed by atoms with Gasteiger partial charge in [-0.1, -0.05) is 29.8 Å². The van der Waals surface area contributed by atoms with Crippen LogP contribution < -0.4 is 5.32 Å². The number of morpholine rings is 1. The fourth-order valence-electron chi connectivity index (χ4n) is 2.68. The summed E-state index contributed by atoms with van der Waals surface area (Å²) in [5, 5.41) is 13.3. The zero-order valence-electron chi connectivity index (χ0n) is 14.0. The zero-order chi connectivity index (χ0) is 18.5. The van der Waals surface area contributed by atoms with E-state index in [0.717, 1.165) is 0 Å². The van der Waals surface area contributed by atoms with Gasteiger partial charge in [0.2, 0.25) is 0 Å². The lowest BCUT2D eigenvalue weighted by Crippen LogP contribution is -2.40. The molecule has 1 aliphatic rings. The molecule has 3 rings (SSSR count). The van der Waals surface area contributed by atoms with Crippen molar-refractivity contribution in [3.8, 4) is 0 Å². The number of rotatable bonds is 5. The van der Waals surface area contributed by atoms with E-state index in [-0.39, 0.29) is 23.0 Å². The molecule has 0 bridgehead atoms. The lowest BCUT2D eigenvalue weighted by Gasteiger charge is -2.26. The van der Waals surface area contributed by atoms with Crippen molar-refractivity contribution in [3.63, 3.8) is 0 Å². The molecule has 1 amide bonds. The van der Waals surface area contributed by atoms with Gasteiger partial charge in [0.1, 0.15) is 11.6 Å². The Labute approximate surface area is 155 Å². The van der Waals surface area contributed by atoms with Gasteiger partial charge in [-0.3, -0.25) is 4.79 Å². The molecule has 1 unspecified atom stereocenters. The molecule has 6 nitrogen and oxygen atoms in total. The number of ether oxygens (including phenoxy) is 1. The van der Waals surface area contributed by atoms with Crippen LogP contribution in [0, 0.1) is 5.82 Å². The number of benzene rings is 1. The van der Waals surface area contributed by atoms with Crippen LogP contribution in [-0.2, 0) is 4.74 Å². The van der Waals surface area contributed by atoms with E-state index in [2.05, 4.69) is 10.3 Å². The first-order valence-corrected chi connectivity index (χ1v) is 8.63. The number of carbonyl (C=O) groups excluding carboxylic acids is 1. The van der Waals surface area contributed by atoms with Gasteiger partial charge in [-0.05, 0) is 12.1 Å². The van der Waals surface area contributed by atoms with E-state index in [1.54, 1.807) is 17.0 Å². The Balaban J connectivity index is 1.64. The van der Waals surface area contributed by atoms with Gasteiger partial charge < -0.3 is 20.1 Å². The minimum absolute atomic E-state index is 0.0322. The topological polar surface area (TPSA) is 74.7 Å². The second kappa shape index (κ2) is 8.44. The molecule has 0 aliphatic carbocycles. The molecule has 2 N–H and O–H groups in total. The van der Waals surface area contributed by atoms with Crippen molar-refractivity contribution < 1.29 is 19.0 Å². The quantitative estimate of drug-likeness (QED) is 0.834. The summed E-state index contributed by atoms with van der Waals surface area (Å²) in [6.45, 7) is 2.13. The molecule has 1 fully saturated rings. The molecule has 2 aromatic rings. The Morgan fingerprint density at radius 3 is 2.81 bits per heavy atom. The molecule has 26 heavy (non-hydrogen) atoms. The van der Waals surface area contributed by atoms with Crippen LogP contribution in [-0.4, -0.2) is 53.7 Å². The first-order chi connectivity index (χ1) is 12.6. The van der Waals surface area contributed by atoms with E-state index in [1.807, 2.05) is 0 Å². The molecule has 2 heterocycles. The smallest absolute Gasteiger partial charge is 0.255 e. The first-order valence-electron chi connectivity index (χ1n) is 8.25. The van der Waals surface area contributed by atoms with E-state index >= 15 is 0 Å². The monoisotopic (exact) mass is 379 g/mol. The standard InChI is InChI=1S/C18H19ClFN3O3/c19-14-9-12(18(25)23-5-7-26-8-6-23)10-21-17(14)22-11-16(24)13-3-1-2-4-15(13)20/h1-4,9-10,16,24H,5-8,11H2,(H,21,22). The number of anilines is 1. The van der Waals surface area contributed by atoms with Gasteiger partial charge in [-0.25, -0.2) is 9.37 Å². The van der Waals surface area contributed by atoms with Crippen LogP contribution in [0.4, 0.5) is 10.2 Å². The number of halogens is 2. The number of nitrogens with zero attached hydrogens (tertiary/aromatic N) is 2. The van der Waals surface area contributed by atoms with Crippen molar-refractivity contribution in [3.05, 3.63) is 58.5 Å². The Morgan fingerprint density at radius 2 is 2.12 bits per heavy atom. The Morgan fingerprint density at radius 1 is 1.38 bits per heavy atom. The van der Waals surface area contributed by atoms with Crippen LogP contribution in [0.1, 0.15) is 22.0 Å². The number of amides is 1. The van der Waals surface area contributed by atoms with Gasteiger partial charge in [0.05, 0.1) is 29.9 Å². The van der Waals surface area contributed by atoms with Crippen molar-refractivity contribution in [2.24, 2.45) is 0 Å². The van der Waals surface area contributed by atoms with Crippen molar-refractivity contribution in [1.29, 1.82) is 0 Å². The molecule has 0 spiro atoms. The number of hydrogen-bond acceptors (Lipinski definition) is 5. The number of nitrogens with one attached hydrogen (secondary N) is 1. The number of aromatic nitrogens is 1. The summed E-state index contributed by atoms with van der Waals surface area (Å²) in [4.78, 5) is 18.3. The molecule has 0 radical (unpaired) electrons. The van der Waals surface area contributed by atoms with Gasteiger partial charge in [0, 0.05) is 31.4 Å². The minimum Gasteiger partial charge on any atom is -0.386 e. The van der Waals surface area contributed by atoms with Crippen LogP contribution in [0.3, 0.4) is 0 Å². The largest absolute Gasteiger partial charge is 0.386 e. The van der Waals surface area contributed by atoms with Crippen molar-refractivity contribution in [2.75, 3.05) is 38.2 Å². The lowest BCUT2D eigenvalue weighted by molar-refractivity contribution is 0.0302. The van der Waals surface area contributed by atoms with Gasteiger partial charge in [0.15, 0.2) is 0 Å². The number of aliphatic hydroxyl groups is 1. The molecule has 0 saturated carbocycles. The van der Waals surface area contributed by atoms with Gasteiger partial charge in [-0.2, -0.15) is 0 Å². The molecule has 1 aromatic carbocycles. The van der Waals surface area contributed by atoms with E-state index in [0.29, 0.717) is 37.7 Å². The van der Waals surface area contributed by atoms with Crippen molar-refractivity contribution >= 4 is 23.3 Å². The highest BCUT2D eigenvalue weighted by atomic mass is 35.5. The summed E-state index contributed by atoms with van der Waals surface area (Å²) in [5.74, 6) is -0.312. The Hall–Kier alpha value is -2.22. The van der Waals surface area contributed by atoms with Crippen molar-refractivity contribution in [1.82, 2.24) is 9.88 Å². The molecule has 1 aromatic heterocycles. The lowest BCUT2D eigenvalue weighted by atomic mass is 10.1. The van der Waals surface area contributed by atoms with Crippen LogP contribution >= 0.6 is 11.6 Å². The fourth-order valence-corrected chi connectivity index (χ4v) is 2.92. The molecule has 8 heteroatoms. The molecular formula is C18H19ClFN3O3. The van der Waals surface area contributed by atoms with Gasteiger partial charge in [0.25, 0.3) is 5.91 Å². The van der Waals surface area contributed by atoms with E-state index < -0.39 is 11.9 Å². The van der Waals surface area contributed by atoms with E-state index in [4.69, 9.17) is 16.3 Å². The number of aliphatic hydroxyl groups excluding tert-OH is 1. The minimum atomic E-state index is -1.05. The number of carbonyl (C=O) groups is 1. The summed E-state index contributed by atoms with van der Waals surface area (Å²) in [5.41, 5.74) is 0.576. The van der Waals surface area contributed by atoms with Crippen molar-refractivity contribution in [2.45, 2.75) is 6.10 Å². The average molecular weight is 380 g/mol. The average Bonchev–Trinajstić information content (AvgIpc) is 2.67. The first kappa shape index (κ1) is 18.6. The fraction of sp³-hybridized carbons (Fsp3) is 0.333. The third-order valence-electron chi connectivity index (χ3n) is 4.11. The summed E-state index contributed by atoms with van der Waals surface area (Å²) in [7, 11) is 0. The second-order valence-electron chi connectivity index (χ2n) is 5.88. The molecule has 1 saturated heterocycles. The third kappa shape index (κ3) is 4.30. The van der Waals surface area contributed by atoms with Crippen LogP contribution in [0.2, 0.25) is 5.02 Å². The second-order valence-corrected chi connectivity index (χ2v) is 6.28. The van der Waals surface area contributed by atoms with Crippen LogP contribution in [0.5, 0.6) is 0 Å². The molecule has 138 valence electrons. The maximum atomic E-state index is 13.7. The third-order valence-corrected chi connectivity index (χ3v) is 4.40. The zero-order valence-corrected chi connectivity index (χ0v) is 14.7. The summed E-state index contributed by atoms with van der Waals surface area (Å²) < 4.78 is 18.9. The summed E-state index contributed by atoms with van der Waals surface area (Å²) in [6, 6.07) is 7.54. The number of pyridine rings is 1. The predicted molar refractivity (Wildman–Crippen MR) is 95.8 cm³/mol. The Kier molecular flexibility index (Phi) is 6.03. The summed E-state index contributed by atoms with van der Waals surface area (Å²) in [6.07, 6.45) is 0.380. The van der Waals surface area contributed by atoms with Gasteiger partial charge >= 0.3 is 0 Å². The predicted octanol–water partition coefficient (Wildman–Crippen LogP) is 2.49. The highest BCUT2D eigenvalue weighted by Gasteiger charge is 2.20. The molecule has 1 aliphatic heterocycles. The SMILES string of the molecule is O=C(c1cnc(NCC(O)c2ccccc2F)c(Cl)c1)N1CCOCC1. The normalized spacial score (nSPS) is 15.6. The molecular weight excluding hydrogens is 361 g/mol. The van der Waals surface area contributed by atoms with Crippen LogP contribution in [0.25, 0.3) is 0 Å². The Bertz CT molecular complexity index is 784. The number of hydrogen-bond donors (Lipinski definition) is 2. The highest BCUT2D eigenvalue weighted by molar-refractivity contribution is 6.33. The highest BCUT2D eigenvalue weighted by Crippen LogP contribution is 2.23. The van der Waals surface area contributed by atoms with E-state index in [1.165, 1.54) is 24.4 Å². The summed E-state index contributed by atoms with van der Waals surface area (Å²) >= 11 is 6.20.